The topological polar surface area (TPSA) is 31.7 Å². The molecule has 2 rings (SSSR count). The SMILES string of the molecule is CC(C)CNCc1occc1CN1CCCC(N(C)C)C1. The van der Waals surface area contributed by atoms with Gasteiger partial charge in [-0.05, 0) is 52.0 Å². The second-order valence-corrected chi connectivity index (χ2v) is 6.89. The lowest BCUT2D eigenvalue weighted by Gasteiger charge is -2.36. The Balaban J connectivity index is 1.86. The van der Waals surface area contributed by atoms with Crippen molar-refractivity contribution in [2.24, 2.45) is 5.92 Å². The van der Waals surface area contributed by atoms with Gasteiger partial charge in [-0.15, -0.1) is 0 Å². The van der Waals surface area contributed by atoms with Gasteiger partial charge in [0.25, 0.3) is 0 Å². The van der Waals surface area contributed by atoms with Crippen LogP contribution in [-0.4, -0.2) is 49.6 Å². The molecule has 1 N–H and O–H groups in total. The van der Waals surface area contributed by atoms with Gasteiger partial charge < -0.3 is 14.6 Å². The Bertz CT molecular complexity index is 414. The number of rotatable bonds is 7. The van der Waals surface area contributed by atoms with E-state index in [1.165, 1.54) is 24.9 Å². The second-order valence-electron chi connectivity index (χ2n) is 6.89. The van der Waals surface area contributed by atoms with Crippen LogP contribution in [0.15, 0.2) is 16.7 Å². The second kappa shape index (κ2) is 7.97. The monoisotopic (exact) mass is 293 g/mol. The van der Waals surface area contributed by atoms with Crippen LogP contribution >= 0.6 is 0 Å². The zero-order valence-corrected chi connectivity index (χ0v) is 14.1. The summed E-state index contributed by atoms with van der Waals surface area (Å²) in [6.07, 6.45) is 4.44. The van der Waals surface area contributed by atoms with Crippen molar-refractivity contribution >= 4 is 0 Å². The minimum atomic E-state index is 0.673. The highest BCUT2D eigenvalue weighted by atomic mass is 16.3. The molecule has 0 spiro atoms. The molecule has 1 unspecified atom stereocenters. The molecule has 4 nitrogen and oxygen atoms in total. The zero-order chi connectivity index (χ0) is 15.2. The van der Waals surface area contributed by atoms with Crippen LogP contribution in [-0.2, 0) is 13.1 Å². The molecule has 0 radical (unpaired) electrons. The molecule has 120 valence electrons. The Hall–Kier alpha value is -0.840. The van der Waals surface area contributed by atoms with E-state index in [1.54, 1.807) is 0 Å². The first kappa shape index (κ1) is 16.5. The summed E-state index contributed by atoms with van der Waals surface area (Å²) in [4.78, 5) is 4.91. The van der Waals surface area contributed by atoms with Gasteiger partial charge in [-0.25, -0.2) is 0 Å². The molecule has 0 aromatic carbocycles. The first-order valence-corrected chi connectivity index (χ1v) is 8.21. The van der Waals surface area contributed by atoms with Crippen molar-refractivity contribution in [3.8, 4) is 0 Å². The van der Waals surface area contributed by atoms with Crippen molar-refractivity contribution in [3.05, 3.63) is 23.7 Å². The van der Waals surface area contributed by atoms with E-state index in [2.05, 4.69) is 49.1 Å². The molecule has 2 heterocycles. The molecule has 1 aliphatic heterocycles. The average Bonchev–Trinajstić information content (AvgIpc) is 2.86. The summed E-state index contributed by atoms with van der Waals surface area (Å²) in [6.45, 7) is 9.71. The summed E-state index contributed by atoms with van der Waals surface area (Å²) in [5, 5.41) is 3.47. The Labute approximate surface area is 129 Å². The lowest BCUT2D eigenvalue weighted by atomic mass is 10.0. The number of likely N-dealkylation sites (tertiary alicyclic amines) is 1. The van der Waals surface area contributed by atoms with Crippen molar-refractivity contribution in [1.29, 1.82) is 0 Å². The molecule has 4 heteroatoms. The number of nitrogens with one attached hydrogen (secondary N) is 1. The van der Waals surface area contributed by atoms with Crippen molar-refractivity contribution in [3.63, 3.8) is 0 Å². The van der Waals surface area contributed by atoms with Crippen molar-refractivity contribution in [2.75, 3.05) is 33.7 Å². The fraction of sp³-hybridized carbons (Fsp3) is 0.765. The van der Waals surface area contributed by atoms with Crippen LogP contribution in [0.4, 0.5) is 0 Å². The van der Waals surface area contributed by atoms with Crippen LogP contribution in [0, 0.1) is 5.92 Å². The highest BCUT2D eigenvalue weighted by molar-refractivity contribution is 5.17. The highest BCUT2D eigenvalue weighted by Crippen LogP contribution is 2.19. The number of hydrogen-bond acceptors (Lipinski definition) is 4. The third-order valence-electron chi connectivity index (χ3n) is 4.28. The summed E-state index contributed by atoms with van der Waals surface area (Å²) >= 11 is 0. The summed E-state index contributed by atoms with van der Waals surface area (Å²) in [5.41, 5.74) is 1.34. The molecule has 21 heavy (non-hydrogen) atoms. The minimum absolute atomic E-state index is 0.673. The summed E-state index contributed by atoms with van der Waals surface area (Å²) in [7, 11) is 4.38. The number of piperidine rings is 1. The van der Waals surface area contributed by atoms with E-state index in [9.17, 15) is 0 Å². The molecule has 0 aliphatic carbocycles. The molecular formula is C17H31N3O. The summed E-state index contributed by atoms with van der Waals surface area (Å²) < 4.78 is 5.66. The predicted octanol–water partition coefficient (Wildman–Crippen LogP) is 2.55. The molecule has 0 amide bonds. The van der Waals surface area contributed by atoms with E-state index in [-0.39, 0.29) is 0 Å². The van der Waals surface area contributed by atoms with Gasteiger partial charge in [0, 0.05) is 24.7 Å². The quantitative estimate of drug-likeness (QED) is 0.837. The molecule has 0 bridgehead atoms. The summed E-state index contributed by atoms with van der Waals surface area (Å²) in [6, 6.07) is 2.82. The maximum Gasteiger partial charge on any atom is 0.122 e. The molecule has 1 saturated heterocycles. The van der Waals surface area contributed by atoms with Gasteiger partial charge in [0.15, 0.2) is 0 Å². The van der Waals surface area contributed by atoms with Gasteiger partial charge in [0.1, 0.15) is 5.76 Å². The van der Waals surface area contributed by atoms with Gasteiger partial charge in [0.05, 0.1) is 12.8 Å². The van der Waals surface area contributed by atoms with Gasteiger partial charge >= 0.3 is 0 Å². The van der Waals surface area contributed by atoms with E-state index in [1.807, 2.05) is 6.26 Å². The number of nitrogens with zero attached hydrogens (tertiary/aromatic N) is 2. The first-order chi connectivity index (χ1) is 10.1. The minimum Gasteiger partial charge on any atom is -0.468 e. The molecule has 1 atom stereocenters. The lowest BCUT2D eigenvalue weighted by Crippen LogP contribution is -2.44. The van der Waals surface area contributed by atoms with E-state index in [0.29, 0.717) is 12.0 Å². The molecular weight excluding hydrogens is 262 g/mol. The largest absolute Gasteiger partial charge is 0.468 e. The van der Waals surface area contributed by atoms with Gasteiger partial charge in [-0.2, -0.15) is 0 Å². The molecule has 1 aliphatic rings. The Morgan fingerprint density at radius 2 is 2.24 bits per heavy atom. The first-order valence-electron chi connectivity index (χ1n) is 8.21. The third kappa shape index (κ3) is 5.13. The van der Waals surface area contributed by atoms with Crippen LogP contribution in [0.5, 0.6) is 0 Å². The third-order valence-corrected chi connectivity index (χ3v) is 4.28. The average molecular weight is 293 g/mol. The molecule has 1 aromatic heterocycles. The van der Waals surface area contributed by atoms with Gasteiger partial charge in [0.2, 0.25) is 0 Å². The highest BCUT2D eigenvalue weighted by Gasteiger charge is 2.22. The van der Waals surface area contributed by atoms with E-state index >= 15 is 0 Å². The molecule has 1 fully saturated rings. The summed E-state index contributed by atoms with van der Waals surface area (Å²) in [5.74, 6) is 1.77. The van der Waals surface area contributed by atoms with Crippen LogP contribution in [0.25, 0.3) is 0 Å². The van der Waals surface area contributed by atoms with E-state index in [4.69, 9.17) is 4.42 Å². The van der Waals surface area contributed by atoms with Crippen molar-refractivity contribution < 1.29 is 4.42 Å². The smallest absolute Gasteiger partial charge is 0.122 e. The lowest BCUT2D eigenvalue weighted by molar-refractivity contribution is 0.127. The Morgan fingerprint density at radius 3 is 2.95 bits per heavy atom. The number of furan rings is 1. The van der Waals surface area contributed by atoms with Crippen LogP contribution in [0.1, 0.15) is 38.0 Å². The Kier molecular flexibility index (Phi) is 6.27. The fourth-order valence-electron chi connectivity index (χ4n) is 2.97. The molecule has 0 saturated carbocycles. The maximum absolute atomic E-state index is 5.66. The van der Waals surface area contributed by atoms with Crippen LogP contribution < -0.4 is 5.32 Å². The van der Waals surface area contributed by atoms with Crippen LogP contribution in [0.3, 0.4) is 0 Å². The Morgan fingerprint density at radius 1 is 1.43 bits per heavy atom. The van der Waals surface area contributed by atoms with Crippen molar-refractivity contribution in [2.45, 2.75) is 45.8 Å². The number of likely N-dealkylation sites (N-methyl/N-ethyl adjacent to an activating group) is 1. The van der Waals surface area contributed by atoms with Crippen molar-refractivity contribution in [1.82, 2.24) is 15.1 Å². The van der Waals surface area contributed by atoms with Crippen LogP contribution in [0.2, 0.25) is 0 Å². The van der Waals surface area contributed by atoms with Gasteiger partial charge in [-0.3, -0.25) is 4.90 Å². The maximum atomic E-state index is 5.66. The van der Waals surface area contributed by atoms with Gasteiger partial charge in [-0.1, -0.05) is 13.8 Å². The molecule has 1 aromatic rings. The van der Waals surface area contributed by atoms with E-state index in [0.717, 1.165) is 31.9 Å². The normalized spacial score (nSPS) is 20.6. The van der Waals surface area contributed by atoms with E-state index < -0.39 is 0 Å². The fourth-order valence-corrected chi connectivity index (χ4v) is 2.97. The zero-order valence-electron chi connectivity index (χ0n) is 14.1. The predicted molar refractivity (Wildman–Crippen MR) is 87.2 cm³/mol. The standard InChI is InChI=1S/C17H31N3O/c1-14(2)10-18-11-17-15(7-9-21-17)12-20-8-5-6-16(13-20)19(3)4/h7,9,14,16,18H,5-6,8,10-13H2,1-4H3. The number of hydrogen-bond donors (Lipinski definition) is 1.